The van der Waals surface area contributed by atoms with Crippen molar-refractivity contribution in [2.75, 3.05) is 5.32 Å². The van der Waals surface area contributed by atoms with E-state index < -0.39 is 4.92 Å². The lowest BCUT2D eigenvalue weighted by Gasteiger charge is -2.09. The van der Waals surface area contributed by atoms with Gasteiger partial charge >= 0.3 is 5.69 Å². The third kappa shape index (κ3) is 3.00. The number of hydrogen-bond donors (Lipinski definition) is 1. The fourth-order valence-electron chi connectivity index (χ4n) is 1.74. The summed E-state index contributed by atoms with van der Waals surface area (Å²) in [4.78, 5) is 22.2. The molecule has 2 heterocycles. The highest BCUT2D eigenvalue weighted by Gasteiger charge is 2.21. The van der Waals surface area contributed by atoms with Crippen LogP contribution in [0.15, 0.2) is 18.5 Å². The highest BCUT2D eigenvalue weighted by atomic mass is 35.5. The number of rotatable bonds is 4. The van der Waals surface area contributed by atoms with E-state index in [-0.39, 0.29) is 22.5 Å². The number of nitrogens with zero attached hydrogens (tertiary/aromatic N) is 4. The summed E-state index contributed by atoms with van der Waals surface area (Å²) in [6, 6.07) is 1.86. The molecule has 0 aliphatic rings. The molecular formula is C12H12ClN5O2. The minimum absolute atomic E-state index is 0.0292. The second kappa shape index (κ2) is 5.79. The maximum atomic E-state index is 11.1. The van der Waals surface area contributed by atoms with Crippen LogP contribution in [-0.2, 0) is 6.54 Å². The summed E-state index contributed by atoms with van der Waals surface area (Å²) < 4.78 is 0. The average molecular weight is 294 g/mol. The van der Waals surface area contributed by atoms with Crippen molar-refractivity contribution in [3.05, 3.63) is 50.7 Å². The molecule has 0 atom stereocenters. The topological polar surface area (TPSA) is 93.8 Å². The molecule has 0 aliphatic carbocycles. The molecule has 0 saturated carbocycles. The van der Waals surface area contributed by atoms with E-state index in [0.29, 0.717) is 6.54 Å². The summed E-state index contributed by atoms with van der Waals surface area (Å²) in [5.41, 5.74) is 2.01. The van der Waals surface area contributed by atoms with Gasteiger partial charge in [-0.25, -0.2) is 4.98 Å². The monoisotopic (exact) mass is 293 g/mol. The second-order valence-electron chi connectivity index (χ2n) is 4.19. The van der Waals surface area contributed by atoms with Crippen molar-refractivity contribution in [2.45, 2.75) is 20.4 Å². The Hall–Kier alpha value is -2.28. The van der Waals surface area contributed by atoms with Crippen molar-refractivity contribution in [2.24, 2.45) is 0 Å². The van der Waals surface area contributed by atoms with Gasteiger partial charge in [0.2, 0.25) is 11.1 Å². The molecule has 0 bridgehead atoms. The van der Waals surface area contributed by atoms with E-state index in [2.05, 4.69) is 20.3 Å². The Labute approximate surface area is 120 Å². The van der Waals surface area contributed by atoms with Gasteiger partial charge in [0, 0.05) is 18.9 Å². The fourth-order valence-corrected chi connectivity index (χ4v) is 1.95. The molecule has 0 fully saturated rings. The average Bonchev–Trinajstić information content (AvgIpc) is 2.36. The molecule has 0 spiro atoms. The predicted octanol–water partition coefficient (Wildman–Crippen LogP) is 2.66. The molecule has 2 aromatic heterocycles. The summed E-state index contributed by atoms with van der Waals surface area (Å²) in [6.45, 7) is 3.82. The lowest BCUT2D eigenvalue weighted by atomic mass is 10.1. The van der Waals surface area contributed by atoms with Crippen LogP contribution in [0.4, 0.5) is 11.5 Å². The number of nitro groups is 1. The van der Waals surface area contributed by atoms with E-state index in [1.54, 1.807) is 12.4 Å². The van der Waals surface area contributed by atoms with Crippen LogP contribution < -0.4 is 5.32 Å². The molecule has 7 nitrogen and oxygen atoms in total. The standard InChI is InChI=1S/C12H12ClN5O2/c1-7-3-4-14-5-9(7)6-15-11-10(18(19)20)8(2)16-12(13)17-11/h3-5H,6H2,1-2H3,(H,15,16,17). The van der Waals surface area contributed by atoms with E-state index >= 15 is 0 Å². The molecule has 8 heteroatoms. The van der Waals surface area contributed by atoms with Crippen LogP contribution in [0.25, 0.3) is 0 Å². The van der Waals surface area contributed by atoms with Gasteiger partial charge in [-0.05, 0) is 42.6 Å². The van der Waals surface area contributed by atoms with Crippen LogP contribution >= 0.6 is 11.6 Å². The summed E-state index contributed by atoms with van der Waals surface area (Å²) in [5.74, 6) is 0.107. The highest BCUT2D eigenvalue weighted by molar-refractivity contribution is 6.28. The van der Waals surface area contributed by atoms with E-state index in [1.807, 2.05) is 13.0 Å². The molecule has 20 heavy (non-hydrogen) atoms. The van der Waals surface area contributed by atoms with Crippen LogP contribution in [0.5, 0.6) is 0 Å². The first-order chi connectivity index (χ1) is 9.49. The Kier molecular flexibility index (Phi) is 4.09. The molecular weight excluding hydrogens is 282 g/mol. The van der Waals surface area contributed by atoms with E-state index in [0.717, 1.165) is 11.1 Å². The molecule has 104 valence electrons. The second-order valence-corrected chi connectivity index (χ2v) is 4.53. The van der Waals surface area contributed by atoms with E-state index in [1.165, 1.54) is 6.92 Å². The maximum Gasteiger partial charge on any atom is 0.332 e. The van der Waals surface area contributed by atoms with Crippen molar-refractivity contribution >= 4 is 23.1 Å². The number of pyridine rings is 1. The molecule has 2 rings (SSSR count). The summed E-state index contributed by atoms with van der Waals surface area (Å²) in [7, 11) is 0. The molecule has 0 aliphatic heterocycles. The Morgan fingerprint density at radius 3 is 2.80 bits per heavy atom. The number of nitrogens with one attached hydrogen (secondary N) is 1. The molecule has 0 amide bonds. The summed E-state index contributed by atoms with van der Waals surface area (Å²) in [5, 5.41) is 13.9. The Bertz CT molecular complexity index is 662. The number of aromatic nitrogens is 3. The fraction of sp³-hybridized carbons (Fsp3) is 0.250. The first-order valence-electron chi connectivity index (χ1n) is 5.81. The smallest absolute Gasteiger partial charge is 0.332 e. The number of halogens is 1. The molecule has 0 aromatic carbocycles. The van der Waals surface area contributed by atoms with Crippen LogP contribution in [-0.4, -0.2) is 19.9 Å². The summed E-state index contributed by atoms with van der Waals surface area (Å²) >= 11 is 5.74. The maximum absolute atomic E-state index is 11.1. The lowest BCUT2D eigenvalue weighted by molar-refractivity contribution is -0.385. The zero-order valence-corrected chi connectivity index (χ0v) is 11.7. The molecule has 0 unspecified atom stereocenters. The quantitative estimate of drug-likeness (QED) is 0.529. The zero-order valence-electron chi connectivity index (χ0n) is 10.9. The SMILES string of the molecule is Cc1ccncc1CNc1nc(Cl)nc(C)c1[N+](=O)[O-]. The molecule has 0 saturated heterocycles. The Balaban J connectivity index is 2.30. The minimum atomic E-state index is -0.524. The van der Waals surface area contributed by atoms with Gasteiger partial charge in [0.15, 0.2) is 0 Å². The minimum Gasteiger partial charge on any atom is -0.360 e. The van der Waals surface area contributed by atoms with Gasteiger partial charge in [-0.15, -0.1) is 0 Å². The van der Waals surface area contributed by atoms with Crippen molar-refractivity contribution in [3.63, 3.8) is 0 Å². The van der Waals surface area contributed by atoms with Crippen molar-refractivity contribution in [1.82, 2.24) is 15.0 Å². The van der Waals surface area contributed by atoms with Gasteiger partial charge < -0.3 is 5.32 Å². The van der Waals surface area contributed by atoms with Crippen molar-refractivity contribution in [3.8, 4) is 0 Å². The normalized spacial score (nSPS) is 10.3. The zero-order chi connectivity index (χ0) is 14.7. The molecule has 0 radical (unpaired) electrons. The number of hydrogen-bond acceptors (Lipinski definition) is 6. The van der Waals surface area contributed by atoms with Gasteiger partial charge in [0.25, 0.3) is 0 Å². The van der Waals surface area contributed by atoms with Crippen LogP contribution in [0.2, 0.25) is 5.28 Å². The van der Waals surface area contributed by atoms with Crippen LogP contribution in [0, 0.1) is 24.0 Å². The van der Waals surface area contributed by atoms with Crippen LogP contribution in [0.1, 0.15) is 16.8 Å². The number of anilines is 1. The Morgan fingerprint density at radius 2 is 2.15 bits per heavy atom. The van der Waals surface area contributed by atoms with Gasteiger partial charge in [0.1, 0.15) is 5.69 Å². The first-order valence-corrected chi connectivity index (χ1v) is 6.18. The lowest BCUT2D eigenvalue weighted by Crippen LogP contribution is -2.08. The third-order valence-electron chi connectivity index (χ3n) is 2.81. The van der Waals surface area contributed by atoms with Crippen molar-refractivity contribution < 1.29 is 4.92 Å². The van der Waals surface area contributed by atoms with Gasteiger partial charge in [0.05, 0.1) is 4.92 Å². The Morgan fingerprint density at radius 1 is 1.40 bits per heavy atom. The van der Waals surface area contributed by atoms with Crippen LogP contribution in [0.3, 0.4) is 0 Å². The number of aryl methyl sites for hydroxylation is 2. The molecule has 2 aromatic rings. The van der Waals surface area contributed by atoms with Crippen molar-refractivity contribution in [1.29, 1.82) is 0 Å². The third-order valence-corrected chi connectivity index (χ3v) is 2.98. The van der Waals surface area contributed by atoms with Gasteiger partial charge in [-0.1, -0.05) is 0 Å². The van der Waals surface area contributed by atoms with E-state index in [9.17, 15) is 10.1 Å². The van der Waals surface area contributed by atoms with E-state index in [4.69, 9.17) is 11.6 Å². The van der Waals surface area contributed by atoms with Gasteiger partial charge in [-0.2, -0.15) is 4.98 Å². The largest absolute Gasteiger partial charge is 0.360 e. The summed E-state index contributed by atoms with van der Waals surface area (Å²) in [6.07, 6.45) is 3.39. The van der Waals surface area contributed by atoms with Gasteiger partial charge in [-0.3, -0.25) is 15.1 Å². The first kappa shape index (κ1) is 14.1. The predicted molar refractivity (Wildman–Crippen MR) is 74.7 cm³/mol. The highest BCUT2D eigenvalue weighted by Crippen LogP contribution is 2.26. The molecule has 1 N–H and O–H groups in total.